The Kier molecular flexibility index (Phi) is 7.79. The molecule has 0 aliphatic heterocycles. The molecule has 1 aliphatic rings. The minimum Gasteiger partial charge on any atom is -0.497 e. The van der Waals surface area contributed by atoms with Gasteiger partial charge in [0.15, 0.2) is 0 Å². The Bertz CT molecular complexity index is 1030. The maximum atomic E-state index is 13.5. The number of carbonyl (C=O) groups excluding carboxylic acids is 1. The number of likely N-dealkylation sites (N-methyl/N-ethyl adjacent to an activating group) is 1. The lowest BCUT2D eigenvalue weighted by atomic mass is 10.1. The van der Waals surface area contributed by atoms with Crippen molar-refractivity contribution in [3.63, 3.8) is 0 Å². The quantitative estimate of drug-likeness (QED) is 0.559. The Hall–Kier alpha value is -2.58. The number of nitrogens with one attached hydrogen (secondary N) is 1. The van der Waals surface area contributed by atoms with Crippen LogP contribution in [-0.2, 0) is 14.8 Å². The van der Waals surface area contributed by atoms with E-state index in [-0.39, 0.29) is 23.8 Å². The third kappa shape index (κ3) is 6.01. The molecule has 174 valence electrons. The minimum atomic E-state index is -3.84. The van der Waals surface area contributed by atoms with Crippen molar-refractivity contribution in [1.82, 2.24) is 10.2 Å². The van der Waals surface area contributed by atoms with Gasteiger partial charge in [-0.15, -0.1) is 0 Å². The molecule has 1 saturated carbocycles. The fraction of sp³-hybridized carbons (Fsp3) is 0.458. The Morgan fingerprint density at radius 1 is 1.06 bits per heavy atom. The summed E-state index contributed by atoms with van der Waals surface area (Å²) in [5.41, 5.74) is 2.42. The van der Waals surface area contributed by atoms with E-state index in [0.29, 0.717) is 24.0 Å². The molecule has 0 heterocycles. The Morgan fingerprint density at radius 2 is 1.75 bits per heavy atom. The van der Waals surface area contributed by atoms with Gasteiger partial charge in [-0.1, -0.05) is 6.07 Å². The summed E-state index contributed by atoms with van der Waals surface area (Å²) >= 11 is 0. The van der Waals surface area contributed by atoms with E-state index in [1.807, 2.05) is 13.8 Å². The lowest BCUT2D eigenvalue weighted by Crippen LogP contribution is -2.37. The topological polar surface area (TPSA) is 79.0 Å². The summed E-state index contributed by atoms with van der Waals surface area (Å²) in [6, 6.07) is 12.5. The van der Waals surface area contributed by atoms with Gasteiger partial charge in [0.25, 0.3) is 10.0 Å². The predicted molar refractivity (Wildman–Crippen MR) is 127 cm³/mol. The number of aryl methyl sites for hydroxylation is 2. The van der Waals surface area contributed by atoms with Crippen molar-refractivity contribution in [3.8, 4) is 5.75 Å². The van der Waals surface area contributed by atoms with Crippen molar-refractivity contribution in [3.05, 3.63) is 53.6 Å². The second-order valence-corrected chi connectivity index (χ2v) is 10.2. The molecule has 2 aromatic carbocycles. The van der Waals surface area contributed by atoms with Crippen molar-refractivity contribution in [2.24, 2.45) is 0 Å². The van der Waals surface area contributed by atoms with E-state index >= 15 is 0 Å². The molecule has 0 unspecified atom stereocenters. The molecule has 0 saturated heterocycles. The molecule has 1 aliphatic carbocycles. The van der Waals surface area contributed by atoms with Crippen molar-refractivity contribution in [2.75, 3.05) is 38.1 Å². The van der Waals surface area contributed by atoms with Crippen molar-refractivity contribution >= 4 is 21.6 Å². The normalized spacial score (nSPS) is 13.8. The van der Waals surface area contributed by atoms with Gasteiger partial charge < -0.3 is 15.0 Å². The lowest BCUT2D eigenvalue weighted by Gasteiger charge is -2.25. The first-order valence-electron chi connectivity index (χ1n) is 10.9. The van der Waals surface area contributed by atoms with Crippen LogP contribution in [0.25, 0.3) is 0 Å². The van der Waals surface area contributed by atoms with Crippen LogP contribution in [0, 0.1) is 13.8 Å². The Balaban J connectivity index is 1.74. The summed E-state index contributed by atoms with van der Waals surface area (Å²) in [7, 11) is -0.221. The van der Waals surface area contributed by atoms with Crippen LogP contribution in [0.1, 0.15) is 30.4 Å². The summed E-state index contributed by atoms with van der Waals surface area (Å²) in [5, 5.41) is 2.91. The van der Waals surface area contributed by atoms with Crippen LogP contribution in [0.4, 0.5) is 5.69 Å². The molecule has 1 amide bonds. The number of ether oxygens (including phenoxy) is 1. The fourth-order valence-electron chi connectivity index (χ4n) is 3.50. The number of carbonyl (C=O) groups is 1. The number of nitrogens with zero attached hydrogens (tertiary/aromatic N) is 2. The minimum absolute atomic E-state index is 0.0475. The smallest absolute Gasteiger partial charge is 0.264 e. The highest BCUT2D eigenvalue weighted by Crippen LogP contribution is 2.27. The first kappa shape index (κ1) is 24.1. The van der Waals surface area contributed by atoms with Gasteiger partial charge in [-0.05, 0) is 81.3 Å². The monoisotopic (exact) mass is 459 g/mol. The molecule has 3 rings (SSSR count). The van der Waals surface area contributed by atoms with Gasteiger partial charge in [0.2, 0.25) is 5.91 Å². The SMILES string of the molecule is COc1ccc(N(CCC(=O)NCCN(C)C2CC2)S(=O)(=O)c2ccc(C)c(C)c2)cc1. The van der Waals surface area contributed by atoms with Crippen LogP contribution in [0.2, 0.25) is 0 Å². The number of amides is 1. The standard InChI is InChI=1S/C24H33N3O4S/c1-18-5-12-23(17-19(18)2)32(29,30)27(21-8-10-22(31-4)11-9-21)15-13-24(28)25-14-16-26(3)20-6-7-20/h5,8-12,17,20H,6-7,13-16H2,1-4H3,(H,25,28). The van der Waals surface area contributed by atoms with E-state index < -0.39 is 10.0 Å². The van der Waals surface area contributed by atoms with E-state index in [1.54, 1.807) is 49.6 Å². The largest absolute Gasteiger partial charge is 0.497 e. The van der Waals surface area contributed by atoms with Crippen molar-refractivity contribution in [2.45, 2.75) is 44.0 Å². The summed E-state index contributed by atoms with van der Waals surface area (Å²) in [6.07, 6.45) is 2.51. The molecule has 0 aromatic heterocycles. The molecule has 2 aromatic rings. The molecule has 0 radical (unpaired) electrons. The maximum absolute atomic E-state index is 13.5. The highest BCUT2D eigenvalue weighted by molar-refractivity contribution is 7.92. The fourth-order valence-corrected chi connectivity index (χ4v) is 5.05. The van der Waals surface area contributed by atoms with Gasteiger partial charge >= 0.3 is 0 Å². The highest BCUT2D eigenvalue weighted by atomic mass is 32.2. The molecular formula is C24H33N3O4S. The number of hydrogen-bond donors (Lipinski definition) is 1. The van der Waals surface area contributed by atoms with Gasteiger partial charge in [0, 0.05) is 32.1 Å². The molecule has 0 atom stereocenters. The van der Waals surface area contributed by atoms with Crippen molar-refractivity contribution < 1.29 is 17.9 Å². The van der Waals surface area contributed by atoms with Gasteiger partial charge in [-0.2, -0.15) is 0 Å². The molecule has 7 nitrogen and oxygen atoms in total. The maximum Gasteiger partial charge on any atom is 0.264 e. The third-order valence-corrected chi connectivity index (χ3v) is 7.75. The molecule has 0 spiro atoms. The van der Waals surface area contributed by atoms with Crippen LogP contribution in [-0.4, -0.2) is 59.1 Å². The van der Waals surface area contributed by atoms with Gasteiger partial charge in [-0.3, -0.25) is 9.10 Å². The third-order valence-electron chi connectivity index (χ3n) is 5.93. The van der Waals surface area contributed by atoms with Crippen LogP contribution in [0.3, 0.4) is 0 Å². The Labute approximate surface area is 191 Å². The molecular weight excluding hydrogens is 426 g/mol. The van der Waals surface area contributed by atoms with E-state index in [4.69, 9.17) is 4.74 Å². The average Bonchev–Trinajstić information content (AvgIpc) is 3.61. The van der Waals surface area contributed by atoms with E-state index in [2.05, 4.69) is 17.3 Å². The molecule has 8 heteroatoms. The van der Waals surface area contributed by atoms with E-state index in [0.717, 1.165) is 17.7 Å². The zero-order valence-corrected chi connectivity index (χ0v) is 20.1. The molecule has 1 fully saturated rings. The summed E-state index contributed by atoms with van der Waals surface area (Å²) in [5.74, 6) is 0.470. The van der Waals surface area contributed by atoms with Gasteiger partial charge in [-0.25, -0.2) is 8.42 Å². The summed E-state index contributed by atoms with van der Waals surface area (Å²) in [4.78, 5) is 14.9. The number of rotatable bonds is 11. The molecule has 1 N–H and O–H groups in total. The molecule has 32 heavy (non-hydrogen) atoms. The van der Waals surface area contributed by atoms with Crippen LogP contribution in [0.5, 0.6) is 5.75 Å². The second-order valence-electron chi connectivity index (χ2n) is 8.33. The first-order chi connectivity index (χ1) is 15.2. The zero-order valence-electron chi connectivity index (χ0n) is 19.3. The zero-order chi connectivity index (χ0) is 23.3. The van der Waals surface area contributed by atoms with Crippen molar-refractivity contribution in [1.29, 1.82) is 0 Å². The highest BCUT2D eigenvalue weighted by Gasteiger charge is 2.27. The summed E-state index contributed by atoms with van der Waals surface area (Å²) in [6.45, 7) is 5.22. The first-order valence-corrected chi connectivity index (χ1v) is 12.4. The number of methoxy groups -OCH3 is 1. The van der Waals surface area contributed by atoms with Gasteiger partial charge in [0.05, 0.1) is 17.7 Å². The second kappa shape index (κ2) is 10.4. The van der Waals surface area contributed by atoms with E-state index in [9.17, 15) is 13.2 Å². The lowest BCUT2D eigenvalue weighted by molar-refractivity contribution is -0.120. The number of anilines is 1. The Morgan fingerprint density at radius 3 is 2.34 bits per heavy atom. The van der Waals surface area contributed by atoms with Crippen LogP contribution >= 0.6 is 0 Å². The van der Waals surface area contributed by atoms with E-state index in [1.165, 1.54) is 17.1 Å². The predicted octanol–water partition coefficient (Wildman–Crippen LogP) is 3.11. The number of sulfonamides is 1. The average molecular weight is 460 g/mol. The van der Waals surface area contributed by atoms with Gasteiger partial charge in [0.1, 0.15) is 5.75 Å². The molecule has 0 bridgehead atoms. The van der Waals surface area contributed by atoms with Crippen LogP contribution in [0.15, 0.2) is 47.4 Å². The van der Waals surface area contributed by atoms with Crippen LogP contribution < -0.4 is 14.4 Å². The summed E-state index contributed by atoms with van der Waals surface area (Å²) < 4.78 is 33.5. The number of benzene rings is 2. The number of hydrogen-bond acceptors (Lipinski definition) is 5.